The van der Waals surface area contributed by atoms with Crippen LogP contribution in [0, 0.1) is 0 Å². The van der Waals surface area contributed by atoms with E-state index in [0.717, 1.165) is 35.8 Å². The van der Waals surface area contributed by atoms with Crippen molar-refractivity contribution >= 4 is 5.69 Å². The molecule has 0 spiro atoms. The Morgan fingerprint density at radius 1 is 1.37 bits per heavy atom. The van der Waals surface area contributed by atoms with Crippen LogP contribution < -0.4 is 10.5 Å². The van der Waals surface area contributed by atoms with Gasteiger partial charge in [-0.25, -0.2) is 4.68 Å². The van der Waals surface area contributed by atoms with E-state index in [-0.39, 0.29) is 0 Å². The Hall–Kier alpha value is -2.01. The quantitative estimate of drug-likeness (QED) is 0.915. The lowest BCUT2D eigenvalue weighted by molar-refractivity contribution is 0.193. The van der Waals surface area contributed by atoms with Crippen molar-refractivity contribution in [1.29, 1.82) is 0 Å². The van der Waals surface area contributed by atoms with Crippen molar-refractivity contribution in [2.45, 2.75) is 12.3 Å². The van der Waals surface area contributed by atoms with Crippen molar-refractivity contribution in [1.82, 2.24) is 9.78 Å². The summed E-state index contributed by atoms with van der Waals surface area (Å²) in [5.74, 6) is 1.15. The van der Waals surface area contributed by atoms with Gasteiger partial charge in [0.05, 0.1) is 37.0 Å². The van der Waals surface area contributed by atoms with E-state index in [4.69, 9.17) is 15.2 Å². The van der Waals surface area contributed by atoms with E-state index in [9.17, 15) is 0 Å². The maximum atomic E-state index is 6.05. The molecule has 1 atom stereocenters. The molecule has 1 saturated heterocycles. The summed E-state index contributed by atoms with van der Waals surface area (Å²) in [6.45, 7) is 1.50. The molecule has 1 aromatic heterocycles. The molecule has 19 heavy (non-hydrogen) atoms. The molecule has 0 aliphatic carbocycles. The SMILES string of the molecule is COc1ccc(-n2cc(N)c(C3CCOC3)n2)cc1. The van der Waals surface area contributed by atoms with Gasteiger partial charge >= 0.3 is 0 Å². The van der Waals surface area contributed by atoms with E-state index in [2.05, 4.69) is 5.10 Å². The molecular formula is C14H17N3O2. The summed E-state index contributed by atoms with van der Waals surface area (Å²) in [5, 5.41) is 4.59. The second-order valence-electron chi connectivity index (χ2n) is 4.67. The van der Waals surface area contributed by atoms with Crippen LogP contribution in [0.4, 0.5) is 5.69 Å². The first-order chi connectivity index (χ1) is 9.28. The Morgan fingerprint density at radius 2 is 2.16 bits per heavy atom. The number of hydrogen-bond acceptors (Lipinski definition) is 4. The Kier molecular flexibility index (Phi) is 3.13. The minimum Gasteiger partial charge on any atom is -0.497 e. The molecule has 100 valence electrons. The van der Waals surface area contributed by atoms with Crippen LogP contribution in [0.5, 0.6) is 5.75 Å². The first kappa shape index (κ1) is 12.0. The van der Waals surface area contributed by atoms with Gasteiger partial charge in [-0.3, -0.25) is 0 Å². The monoisotopic (exact) mass is 259 g/mol. The van der Waals surface area contributed by atoms with Crippen molar-refractivity contribution < 1.29 is 9.47 Å². The van der Waals surface area contributed by atoms with Gasteiger partial charge in [-0.05, 0) is 30.7 Å². The van der Waals surface area contributed by atoms with Crippen LogP contribution in [0.15, 0.2) is 30.5 Å². The standard InChI is InChI=1S/C14H17N3O2/c1-18-12-4-2-11(3-5-12)17-8-13(15)14(16-17)10-6-7-19-9-10/h2-5,8,10H,6-7,9,15H2,1H3. The summed E-state index contributed by atoms with van der Waals surface area (Å²) in [7, 11) is 1.65. The number of methoxy groups -OCH3 is 1. The highest BCUT2D eigenvalue weighted by Crippen LogP contribution is 2.29. The zero-order valence-electron chi connectivity index (χ0n) is 10.9. The highest BCUT2D eigenvalue weighted by Gasteiger charge is 2.23. The molecule has 1 aliphatic heterocycles. The molecule has 1 aromatic carbocycles. The second kappa shape index (κ2) is 4.93. The number of rotatable bonds is 3. The lowest BCUT2D eigenvalue weighted by Crippen LogP contribution is -2.03. The largest absolute Gasteiger partial charge is 0.497 e. The van der Waals surface area contributed by atoms with Gasteiger partial charge in [-0.1, -0.05) is 0 Å². The maximum absolute atomic E-state index is 6.05. The van der Waals surface area contributed by atoms with Gasteiger partial charge < -0.3 is 15.2 Å². The minimum atomic E-state index is 0.319. The lowest BCUT2D eigenvalue weighted by Gasteiger charge is -2.05. The molecule has 0 amide bonds. The fourth-order valence-corrected chi connectivity index (χ4v) is 2.34. The normalized spacial score (nSPS) is 18.7. The molecule has 3 rings (SSSR count). The molecule has 2 aromatic rings. The third kappa shape index (κ3) is 2.29. The van der Waals surface area contributed by atoms with Crippen LogP contribution in [0.1, 0.15) is 18.0 Å². The van der Waals surface area contributed by atoms with E-state index in [1.807, 2.05) is 35.1 Å². The van der Waals surface area contributed by atoms with E-state index < -0.39 is 0 Å². The summed E-state index contributed by atoms with van der Waals surface area (Å²) >= 11 is 0. The lowest BCUT2D eigenvalue weighted by atomic mass is 10.0. The summed E-state index contributed by atoms with van der Waals surface area (Å²) < 4.78 is 12.3. The van der Waals surface area contributed by atoms with Gasteiger partial charge in [0.15, 0.2) is 0 Å². The zero-order valence-corrected chi connectivity index (χ0v) is 10.9. The number of nitrogen functional groups attached to an aromatic ring is 1. The number of aromatic nitrogens is 2. The van der Waals surface area contributed by atoms with Gasteiger partial charge in [0.25, 0.3) is 0 Å². The molecule has 1 unspecified atom stereocenters. The van der Waals surface area contributed by atoms with E-state index in [0.29, 0.717) is 12.5 Å². The highest BCUT2D eigenvalue weighted by molar-refractivity contribution is 5.47. The molecule has 2 N–H and O–H groups in total. The van der Waals surface area contributed by atoms with Crippen LogP contribution in [0.25, 0.3) is 5.69 Å². The zero-order chi connectivity index (χ0) is 13.2. The molecule has 1 fully saturated rings. The van der Waals surface area contributed by atoms with Crippen LogP contribution in [0.3, 0.4) is 0 Å². The first-order valence-electron chi connectivity index (χ1n) is 6.35. The molecule has 2 heterocycles. The molecule has 5 nitrogen and oxygen atoms in total. The van der Waals surface area contributed by atoms with Gasteiger partial charge in [0.2, 0.25) is 0 Å². The van der Waals surface area contributed by atoms with Gasteiger partial charge in [-0.15, -0.1) is 0 Å². The van der Waals surface area contributed by atoms with Gasteiger partial charge in [0, 0.05) is 12.5 Å². The minimum absolute atomic E-state index is 0.319. The van der Waals surface area contributed by atoms with Crippen molar-refractivity contribution in [2.24, 2.45) is 0 Å². The number of benzene rings is 1. The summed E-state index contributed by atoms with van der Waals surface area (Å²) in [6, 6.07) is 7.73. The number of ether oxygens (including phenoxy) is 2. The Labute approximate surface area is 111 Å². The summed E-state index contributed by atoms with van der Waals surface area (Å²) in [5.41, 5.74) is 8.69. The smallest absolute Gasteiger partial charge is 0.119 e. The number of nitrogens with zero attached hydrogens (tertiary/aromatic N) is 2. The van der Waals surface area contributed by atoms with Crippen LogP contribution >= 0.6 is 0 Å². The Bertz CT molecular complexity index is 557. The second-order valence-corrected chi connectivity index (χ2v) is 4.67. The van der Waals surface area contributed by atoms with E-state index in [1.165, 1.54) is 0 Å². The fraction of sp³-hybridized carbons (Fsp3) is 0.357. The predicted molar refractivity (Wildman–Crippen MR) is 72.7 cm³/mol. The predicted octanol–water partition coefficient (Wildman–Crippen LogP) is 1.97. The number of hydrogen-bond donors (Lipinski definition) is 1. The molecule has 0 saturated carbocycles. The van der Waals surface area contributed by atoms with Crippen LogP contribution in [0.2, 0.25) is 0 Å². The topological polar surface area (TPSA) is 62.3 Å². The highest BCUT2D eigenvalue weighted by atomic mass is 16.5. The van der Waals surface area contributed by atoms with Crippen molar-refractivity contribution in [2.75, 3.05) is 26.1 Å². The average Bonchev–Trinajstić information content (AvgIpc) is 3.08. The van der Waals surface area contributed by atoms with Gasteiger partial charge in [-0.2, -0.15) is 5.10 Å². The average molecular weight is 259 g/mol. The van der Waals surface area contributed by atoms with Gasteiger partial charge in [0.1, 0.15) is 5.75 Å². The van der Waals surface area contributed by atoms with Crippen molar-refractivity contribution in [3.8, 4) is 11.4 Å². The molecule has 5 heteroatoms. The Morgan fingerprint density at radius 3 is 2.79 bits per heavy atom. The fourth-order valence-electron chi connectivity index (χ4n) is 2.34. The molecule has 0 bridgehead atoms. The molecular weight excluding hydrogens is 242 g/mol. The third-order valence-corrected chi connectivity index (χ3v) is 3.43. The summed E-state index contributed by atoms with van der Waals surface area (Å²) in [6.07, 6.45) is 2.85. The maximum Gasteiger partial charge on any atom is 0.119 e. The van der Waals surface area contributed by atoms with Crippen molar-refractivity contribution in [3.63, 3.8) is 0 Å². The molecule has 1 aliphatic rings. The third-order valence-electron chi connectivity index (χ3n) is 3.43. The first-order valence-corrected chi connectivity index (χ1v) is 6.35. The summed E-state index contributed by atoms with van der Waals surface area (Å²) in [4.78, 5) is 0. The van der Waals surface area contributed by atoms with Crippen molar-refractivity contribution in [3.05, 3.63) is 36.2 Å². The number of anilines is 1. The molecule has 0 radical (unpaired) electrons. The van der Waals surface area contributed by atoms with Crippen LogP contribution in [-0.4, -0.2) is 30.1 Å². The van der Waals surface area contributed by atoms with E-state index >= 15 is 0 Å². The Balaban J connectivity index is 1.90. The van der Waals surface area contributed by atoms with E-state index in [1.54, 1.807) is 7.11 Å². The van der Waals surface area contributed by atoms with Crippen LogP contribution in [-0.2, 0) is 4.74 Å². The number of nitrogens with two attached hydrogens (primary N) is 1.